The molecule has 0 bridgehead atoms. The van der Waals surface area contributed by atoms with Gasteiger partial charge in [-0.2, -0.15) is 0 Å². The second-order valence-electron chi connectivity index (χ2n) is 7.06. The largest absolute Gasteiger partial charge is 0.505 e. The van der Waals surface area contributed by atoms with E-state index in [0.717, 1.165) is 29.5 Å². The number of fused-ring (bicyclic) bond motifs is 1. The molecule has 4 nitrogen and oxygen atoms in total. The summed E-state index contributed by atoms with van der Waals surface area (Å²) in [4.78, 5) is 16.7. The molecule has 0 spiro atoms. The second kappa shape index (κ2) is 5.71. The zero-order valence-electron chi connectivity index (χ0n) is 14.5. The molecule has 132 valence electrons. The van der Waals surface area contributed by atoms with Crippen molar-refractivity contribution in [1.82, 2.24) is 4.98 Å². The fourth-order valence-electron chi connectivity index (χ4n) is 3.82. The van der Waals surface area contributed by atoms with Crippen molar-refractivity contribution in [3.63, 3.8) is 0 Å². The summed E-state index contributed by atoms with van der Waals surface area (Å²) >= 11 is 6.00. The molecule has 0 unspecified atom stereocenters. The van der Waals surface area contributed by atoms with Gasteiger partial charge in [-0.25, -0.2) is 9.78 Å². The van der Waals surface area contributed by atoms with Gasteiger partial charge in [0.05, 0.1) is 11.2 Å². The van der Waals surface area contributed by atoms with E-state index in [1.807, 2.05) is 44.2 Å². The first-order valence-electron chi connectivity index (χ1n) is 8.47. The van der Waals surface area contributed by atoms with E-state index in [9.17, 15) is 15.0 Å². The number of nitrogens with zero attached hydrogens (tertiary/aromatic N) is 1. The number of aromatic nitrogens is 1. The van der Waals surface area contributed by atoms with Gasteiger partial charge in [0.2, 0.25) is 0 Å². The SMILES string of the molecule is Cc1cc(C)c2nc(C3(c4ccc(Cl)cc4)CC3)c(O)c(C(=O)O)c2c1. The summed E-state index contributed by atoms with van der Waals surface area (Å²) in [5.41, 5.74) is 3.37. The number of benzene rings is 2. The Morgan fingerprint density at radius 3 is 2.38 bits per heavy atom. The van der Waals surface area contributed by atoms with Crippen molar-refractivity contribution in [1.29, 1.82) is 0 Å². The number of hydrogen-bond acceptors (Lipinski definition) is 3. The van der Waals surface area contributed by atoms with E-state index >= 15 is 0 Å². The number of hydrogen-bond donors (Lipinski definition) is 2. The molecule has 1 heterocycles. The van der Waals surface area contributed by atoms with Gasteiger partial charge in [-0.15, -0.1) is 0 Å². The number of aryl methyl sites for hydroxylation is 2. The molecule has 0 amide bonds. The number of aromatic hydroxyl groups is 1. The fraction of sp³-hybridized carbons (Fsp3) is 0.238. The molecule has 0 aliphatic heterocycles. The van der Waals surface area contributed by atoms with E-state index in [4.69, 9.17) is 16.6 Å². The first kappa shape index (κ1) is 16.9. The average molecular weight is 368 g/mol. The van der Waals surface area contributed by atoms with Crippen molar-refractivity contribution in [2.75, 3.05) is 0 Å². The van der Waals surface area contributed by atoms with Crippen molar-refractivity contribution in [3.05, 3.63) is 69.4 Å². The Balaban J connectivity index is 2.04. The van der Waals surface area contributed by atoms with Crippen molar-refractivity contribution >= 4 is 28.5 Å². The van der Waals surface area contributed by atoms with E-state index in [0.29, 0.717) is 21.6 Å². The lowest BCUT2D eigenvalue weighted by Crippen LogP contribution is -2.14. The lowest BCUT2D eigenvalue weighted by Gasteiger charge is -2.20. The van der Waals surface area contributed by atoms with E-state index in [1.54, 1.807) is 6.07 Å². The Bertz CT molecular complexity index is 1050. The molecule has 0 radical (unpaired) electrons. The highest BCUT2D eigenvalue weighted by atomic mass is 35.5. The quantitative estimate of drug-likeness (QED) is 0.684. The second-order valence-corrected chi connectivity index (χ2v) is 7.49. The van der Waals surface area contributed by atoms with Crippen LogP contribution in [0, 0.1) is 13.8 Å². The molecule has 26 heavy (non-hydrogen) atoms. The first-order chi connectivity index (χ1) is 12.3. The highest BCUT2D eigenvalue weighted by Gasteiger charge is 2.50. The van der Waals surface area contributed by atoms with Crippen LogP contribution in [0.3, 0.4) is 0 Å². The van der Waals surface area contributed by atoms with Crippen molar-refractivity contribution in [2.24, 2.45) is 0 Å². The van der Waals surface area contributed by atoms with Crippen molar-refractivity contribution in [3.8, 4) is 5.75 Å². The summed E-state index contributed by atoms with van der Waals surface area (Å²) in [6, 6.07) is 11.2. The predicted octanol–water partition coefficient (Wildman–Crippen LogP) is 4.99. The van der Waals surface area contributed by atoms with Gasteiger partial charge in [-0.3, -0.25) is 0 Å². The molecule has 4 rings (SSSR count). The number of carboxylic acids is 1. The van der Waals surface area contributed by atoms with Crippen LogP contribution in [0.4, 0.5) is 0 Å². The third kappa shape index (κ3) is 2.44. The Hall–Kier alpha value is -2.59. The number of pyridine rings is 1. The van der Waals surface area contributed by atoms with Gasteiger partial charge in [0.1, 0.15) is 5.56 Å². The van der Waals surface area contributed by atoms with Gasteiger partial charge in [-0.1, -0.05) is 35.4 Å². The number of rotatable bonds is 3. The molecule has 3 aromatic rings. The Kier molecular flexibility index (Phi) is 3.70. The topological polar surface area (TPSA) is 70.4 Å². The van der Waals surface area contributed by atoms with Crippen LogP contribution in [0.25, 0.3) is 10.9 Å². The van der Waals surface area contributed by atoms with Gasteiger partial charge >= 0.3 is 5.97 Å². The highest BCUT2D eigenvalue weighted by Crippen LogP contribution is 2.56. The maximum atomic E-state index is 11.9. The molecule has 5 heteroatoms. The minimum Gasteiger partial charge on any atom is -0.505 e. The van der Waals surface area contributed by atoms with E-state index in [-0.39, 0.29) is 11.3 Å². The Morgan fingerprint density at radius 1 is 1.15 bits per heavy atom. The van der Waals surface area contributed by atoms with E-state index in [2.05, 4.69) is 0 Å². The maximum Gasteiger partial charge on any atom is 0.340 e. The smallest absolute Gasteiger partial charge is 0.340 e. The van der Waals surface area contributed by atoms with Gasteiger partial charge in [0.15, 0.2) is 5.75 Å². The van der Waals surface area contributed by atoms with Crippen LogP contribution < -0.4 is 0 Å². The molecule has 0 atom stereocenters. The Morgan fingerprint density at radius 2 is 1.81 bits per heavy atom. The van der Waals surface area contributed by atoms with Gasteiger partial charge in [0.25, 0.3) is 0 Å². The lowest BCUT2D eigenvalue weighted by atomic mass is 9.89. The first-order valence-corrected chi connectivity index (χ1v) is 8.85. The lowest BCUT2D eigenvalue weighted by molar-refractivity contribution is 0.0695. The molecule has 1 aliphatic rings. The van der Waals surface area contributed by atoms with Crippen molar-refractivity contribution in [2.45, 2.75) is 32.1 Å². The molecule has 2 aromatic carbocycles. The normalized spacial score (nSPS) is 15.2. The summed E-state index contributed by atoms with van der Waals surface area (Å²) < 4.78 is 0. The van der Waals surface area contributed by atoms with Gasteiger partial charge < -0.3 is 10.2 Å². The van der Waals surface area contributed by atoms with Gasteiger partial charge in [-0.05, 0) is 56.0 Å². The van der Waals surface area contributed by atoms with Crippen LogP contribution in [-0.4, -0.2) is 21.2 Å². The molecule has 1 aromatic heterocycles. The molecular formula is C21H18ClNO3. The third-order valence-corrected chi connectivity index (χ3v) is 5.46. The van der Waals surface area contributed by atoms with Crippen LogP contribution in [-0.2, 0) is 5.41 Å². The Labute approximate surface area is 156 Å². The van der Waals surface area contributed by atoms with Crippen LogP contribution in [0.15, 0.2) is 36.4 Å². The number of carbonyl (C=O) groups is 1. The standard InChI is InChI=1S/C21H18ClNO3/c1-11-9-12(2)17-15(10-11)16(20(25)26)18(24)19(23-17)21(7-8-21)13-3-5-14(22)6-4-13/h3-6,9-10,24H,7-8H2,1-2H3,(H,25,26). The van der Waals surface area contributed by atoms with Crippen LogP contribution >= 0.6 is 11.6 Å². The predicted molar refractivity (Wildman–Crippen MR) is 101 cm³/mol. The zero-order valence-corrected chi connectivity index (χ0v) is 15.3. The van der Waals surface area contributed by atoms with Gasteiger partial charge in [0, 0.05) is 15.8 Å². The molecule has 1 fully saturated rings. The summed E-state index contributed by atoms with van der Waals surface area (Å²) in [6.07, 6.45) is 1.62. The zero-order chi connectivity index (χ0) is 18.6. The average Bonchev–Trinajstić information content (AvgIpc) is 3.36. The van der Waals surface area contributed by atoms with Crippen LogP contribution in [0.5, 0.6) is 5.75 Å². The fourth-order valence-corrected chi connectivity index (χ4v) is 3.94. The summed E-state index contributed by atoms with van der Waals surface area (Å²) in [5, 5.41) is 21.7. The monoisotopic (exact) mass is 367 g/mol. The molecule has 1 aliphatic carbocycles. The minimum atomic E-state index is -1.15. The minimum absolute atomic E-state index is 0.0722. The van der Waals surface area contributed by atoms with Crippen LogP contribution in [0.2, 0.25) is 5.02 Å². The molecule has 2 N–H and O–H groups in total. The summed E-state index contributed by atoms with van der Waals surface area (Å²) in [5.74, 6) is -1.38. The van der Waals surface area contributed by atoms with Crippen molar-refractivity contribution < 1.29 is 15.0 Å². The molecule has 0 saturated heterocycles. The molecule has 1 saturated carbocycles. The number of carboxylic acid groups (broad SMARTS) is 1. The third-order valence-electron chi connectivity index (χ3n) is 5.21. The van der Waals surface area contributed by atoms with Crippen LogP contribution in [0.1, 0.15) is 45.6 Å². The summed E-state index contributed by atoms with van der Waals surface area (Å²) in [6.45, 7) is 3.82. The summed E-state index contributed by atoms with van der Waals surface area (Å²) in [7, 11) is 0. The van der Waals surface area contributed by atoms with E-state index < -0.39 is 11.4 Å². The number of halogens is 1. The highest BCUT2D eigenvalue weighted by molar-refractivity contribution is 6.30. The maximum absolute atomic E-state index is 11.9. The number of aromatic carboxylic acids is 1. The van der Waals surface area contributed by atoms with E-state index in [1.165, 1.54) is 0 Å². The molecular weight excluding hydrogens is 350 g/mol.